The Morgan fingerprint density at radius 3 is 2.00 bits per heavy atom. The molecule has 2 fully saturated rings. The smallest absolute Gasteiger partial charge is 0.435 e. The van der Waals surface area contributed by atoms with Gasteiger partial charge in [0, 0.05) is 12.1 Å². The SMILES string of the molecule is CC(C)c1ccc(S(=O)(=O)C23CCN(C(=O)C4(F)CCCCC4)C2CCc2cc(C(F)(C(F)(F)F)C(F)(F)F)ccc23)cc1.O=CO. The fourth-order valence-corrected chi connectivity index (χ4v) is 9.67. The number of amides is 1. The second-order valence-electron chi connectivity index (χ2n) is 12.6. The summed E-state index contributed by atoms with van der Waals surface area (Å²) in [5.41, 5.74) is -9.08. The molecule has 0 bridgehead atoms. The minimum absolute atomic E-state index is 0.0289. The quantitative estimate of drug-likeness (QED) is 0.256. The van der Waals surface area contributed by atoms with Crippen LogP contribution in [0.25, 0.3) is 0 Å². The minimum Gasteiger partial charge on any atom is -0.483 e. The molecular weight excluding hydrogens is 662 g/mol. The maximum atomic E-state index is 15.9. The number of carboxylic acid groups (broad SMARTS) is 1. The van der Waals surface area contributed by atoms with Crippen molar-refractivity contribution in [3.63, 3.8) is 0 Å². The number of sulfone groups is 1. The maximum absolute atomic E-state index is 15.9. The summed E-state index contributed by atoms with van der Waals surface area (Å²) in [6, 6.07) is 6.40. The lowest BCUT2D eigenvalue weighted by atomic mass is 9.76. The van der Waals surface area contributed by atoms with Crippen molar-refractivity contribution in [1.29, 1.82) is 0 Å². The Hall–Kier alpha value is -3.23. The number of alkyl halides is 8. The first kappa shape index (κ1) is 36.6. The molecule has 1 N–H and O–H groups in total. The summed E-state index contributed by atoms with van der Waals surface area (Å²) >= 11 is 0. The van der Waals surface area contributed by atoms with Gasteiger partial charge in [-0.05, 0) is 79.7 Å². The number of hydrogen-bond donors (Lipinski definition) is 1. The van der Waals surface area contributed by atoms with E-state index in [0.717, 1.165) is 18.1 Å². The lowest BCUT2D eigenvalue weighted by Gasteiger charge is -2.44. The molecule has 0 aromatic heterocycles. The maximum Gasteiger partial charge on any atom is 0.435 e. The summed E-state index contributed by atoms with van der Waals surface area (Å²) in [5, 5.41) is 6.89. The van der Waals surface area contributed by atoms with Gasteiger partial charge in [-0.1, -0.05) is 50.6 Å². The van der Waals surface area contributed by atoms with Gasteiger partial charge in [-0.15, -0.1) is 0 Å². The van der Waals surface area contributed by atoms with E-state index in [1.54, 1.807) is 12.1 Å². The molecule has 2 aromatic rings. The number of benzene rings is 2. The summed E-state index contributed by atoms with van der Waals surface area (Å²) in [7, 11) is -4.49. The van der Waals surface area contributed by atoms with Crippen molar-refractivity contribution in [2.45, 2.75) is 111 Å². The number of halogens is 8. The molecule has 1 aliphatic heterocycles. The van der Waals surface area contributed by atoms with Crippen molar-refractivity contribution < 1.29 is 58.2 Å². The number of fused-ring (bicyclic) bond motifs is 3. The molecule has 0 radical (unpaired) electrons. The van der Waals surface area contributed by atoms with Crippen LogP contribution in [0.4, 0.5) is 35.1 Å². The molecule has 2 unspecified atom stereocenters. The number of aryl methyl sites for hydroxylation is 1. The van der Waals surface area contributed by atoms with Crippen molar-refractivity contribution in [3.8, 4) is 0 Å². The van der Waals surface area contributed by atoms with E-state index in [1.165, 1.54) is 17.0 Å². The number of carbonyl (C=O) groups is 2. The number of carbonyl (C=O) groups excluding carboxylic acids is 1. The van der Waals surface area contributed by atoms with Gasteiger partial charge in [-0.2, -0.15) is 26.3 Å². The van der Waals surface area contributed by atoms with Gasteiger partial charge in [-0.25, -0.2) is 17.2 Å². The number of nitrogens with zero attached hydrogens (tertiary/aromatic N) is 1. The van der Waals surface area contributed by atoms with Crippen molar-refractivity contribution >= 4 is 22.2 Å². The molecule has 0 spiro atoms. The third-order valence-electron chi connectivity index (χ3n) is 9.69. The van der Waals surface area contributed by atoms with E-state index in [4.69, 9.17) is 9.90 Å². The molecule has 1 saturated heterocycles. The van der Waals surface area contributed by atoms with Crippen LogP contribution in [-0.4, -0.2) is 61.4 Å². The Morgan fingerprint density at radius 2 is 1.49 bits per heavy atom. The van der Waals surface area contributed by atoms with Crippen molar-refractivity contribution in [2.24, 2.45) is 0 Å². The van der Waals surface area contributed by atoms with E-state index < -0.39 is 55.8 Å². The van der Waals surface area contributed by atoms with Crippen molar-refractivity contribution in [2.75, 3.05) is 6.54 Å². The van der Waals surface area contributed by atoms with Gasteiger partial charge in [0.15, 0.2) is 15.5 Å². The molecule has 2 aromatic carbocycles. The van der Waals surface area contributed by atoms with Gasteiger partial charge in [0.05, 0.1) is 10.9 Å². The van der Waals surface area contributed by atoms with Gasteiger partial charge < -0.3 is 10.0 Å². The van der Waals surface area contributed by atoms with Crippen LogP contribution >= 0.6 is 0 Å². The van der Waals surface area contributed by atoms with Gasteiger partial charge >= 0.3 is 18.0 Å². The highest BCUT2D eigenvalue weighted by Crippen LogP contribution is 2.57. The number of likely N-dealkylation sites (tertiary alicyclic amines) is 1. The monoisotopic (exact) mass is 697 g/mol. The minimum atomic E-state index is -6.34. The third kappa shape index (κ3) is 5.90. The highest BCUT2D eigenvalue weighted by atomic mass is 32.2. The zero-order valence-corrected chi connectivity index (χ0v) is 26.4. The van der Waals surface area contributed by atoms with Crippen LogP contribution < -0.4 is 0 Å². The standard InChI is InChI=1S/C31H33F8NO3S.CH2O2/c1-19(2)20-6-10-23(11-7-20)44(42,43)28-16-17-40(26(41)27(32)14-4-3-5-15-27)25(28)13-8-21-18-22(9-12-24(21)28)29(33,30(34,35)36)31(37,38)39;2-1-3/h6-7,9-12,18-19,25H,3-5,8,13-17H2,1-2H3;1H,(H,2,3). The van der Waals surface area contributed by atoms with E-state index in [1.807, 2.05) is 13.8 Å². The molecule has 3 aliphatic rings. The first-order chi connectivity index (χ1) is 21.7. The zero-order chi connectivity index (χ0) is 35.2. The number of rotatable bonds is 5. The average Bonchev–Trinajstić information content (AvgIpc) is 3.41. The Bertz CT molecular complexity index is 1570. The topological polar surface area (TPSA) is 91.8 Å². The third-order valence-corrected chi connectivity index (χ3v) is 12.2. The van der Waals surface area contributed by atoms with Gasteiger partial charge in [0.2, 0.25) is 0 Å². The van der Waals surface area contributed by atoms with Crippen LogP contribution in [0, 0.1) is 0 Å². The fourth-order valence-electron chi connectivity index (χ4n) is 7.30. The molecule has 47 heavy (non-hydrogen) atoms. The molecule has 15 heteroatoms. The molecule has 6 nitrogen and oxygen atoms in total. The van der Waals surface area contributed by atoms with Crippen LogP contribution in [0.15, 0.2) is 47.4 Å². The fraction of sp³-hybridized carbons (Fsp3) is 0.562. The van der Waals surface area contributed by atoms with E-state index >= 15 is 8.78 Å². The van der Waals surface area contributed by atoms with Crippen LogP contribution in [0.1, 0.15) is 87.0 Å². The molecule has 2 aliphatic carbocycles. The Labute approximate surface area is 267 Å². The summed E-state index contributed by atoms with van der Waals surface area (Å²) < 4.78 is 140. The summed E-state index contributed by atoms with van der Waals surface area (Å²) in [5.74, 6) is -0.794. The summed E-state index contributed by atoms with van der Waals surface area (Å²) in [6.07, 6.45) is -11.7. The zero-order valence-electron chi connectivity index (χ0n) is 25.6. The largest absolute Gasteiger partial charge is 0.483 e. The second-order valence-corrected chi connectivity index (χ2v) is 14.8. The summed E-state index contributed by atoms with van der Waals surface area (Å²) in [4.78, 5) is 23.1. The Kier molecular flexibility index (Phi) is 9.86. The Balaban J connectivity index is 0.00000160. The molecule has 1 heterocycles. The van der Waals surface area contributed by atoms with Crippen molar-refractivity contribution in [3.05, 3.63) is 64.7 Å². The molecule has 1 amide bonds. The van der Waals surface area contributed by atoms with Crippen LogP contribution in [-0.2, 0) is 36.3 Å². The van der Waals surface area contributed by atoms with Crippen LogP contribution in [0.5, 0.6) is 0 Å². The van der Waals surface area contributed by atoms with E-state index in [9.17, 15) is 39.6 Å². The molecule has 5 rings (SSSR count). The predicted octanol–water partition coefficient (Wildman–Crippen LogP) is 7.69. The lowest BCUT2D eigenvalue weighted by molar-refractivity contribution is -0.348. The van der Waals surface area contributed by atoms with Gasteiger partial charge in [0.1, 0.15) is 4.75 Å². The molecule has 1 saturated carbocycles. The van der Waals surface area contributed by atoms with Gasteiger partial charge in [0.25, 0.3) is 12.4 Å². The average molecular weight is 698 g/mol. The second kappa shape index (κ2) is 12.7. The highest BCUT2D eigenvalue weighted by molar-refractivity contribution is 7.92. The van der Waals surface area contributed by atoms with Crippen LogP contribution in [0.2, 0.25) is 0 Å². The first-order valence-electron chi connectivity index (χ1n) is 15.1. The van der Waals surface area contributed by atoms with Crippen molar-refractivity contribution in [1.82, 2.24) is 4.90 Å². The Morgan fingerprint density at radius 1 is 0.936 bits per heavy atom. The predicted molar refractivity (Wildman–Crippen MR) is 155 cm³/mol. The van der Waals surface area contributed by atoms with E-state index in [2.05, 4.69) is 0 Å². The first-order valence-corrected chi connectivity index (χ1v) is 16.6. The van der Waals surface area contributed by atoms with Gasteiger partial charge in [-0.3, -0.25) is 9.59 Å². The lowest BCUT2D eigenvalue weighted by Crippen LogP contribution is -2.56. The van der Waals surface area contributed by atoms with E-state index in [0.29, 0.717) is 25.0 Å². The van der Waals surface area contributed by atoms with Crippen LogP contribution in [0.3, 0.4) is 0 Å². The number of hydrogen-bond acceptors (Lipinski definition) is 4. The molecular formula is C32H35F8NO5S. The summed E-state index contributed by atoms with van der Waals surface area (Å²) in [6.45, 7) is 3.37. The molecule has 2 atom stereocenters. The van der Waals surface area contributed by atoms with E-state index in [-0.39, 0.29) is 67.1 Å². The highest BCUT2D eigenvalue weighted by Gasteiger charge is 2.74. The molecule has 260 valence electrons. The normalized spacial score (nSPS) is 23.0.